The Bertz CT molecular complexity index is 462. The normalized spacial score (nSPS) is 10.6. The second-order valence-corrected chi connectivity index (χ2v) is 4.70. The molecule has 4 heteroatoms. The number of aromatic nitrogens is 2. The number of rotatable bonds is 2. The first-order chi connectivity index (χ1) is 7.15. The maximum atomic E-state index is 6.02. The fourth-order valence-electron chi connectivity index (χ4n) is 1.39. The highest BCUT2D eigenvalue weighted by molar-refractivity contribution is 9.10. The number of aryl methyl sites for hydroxylation is 1. The summed E-state index contributed by atoms with van der Waals surface area (Å²) in [7, 11) is 0. The Kier molecular flexibility index (Phi) is 3.12. The van der Waals surface area contributed by atoms with Crippen LogP contribution < -0.4 is 0 Å². The van der Waals surface area contributed by atoms with E-state index in [1.54, 1.807) is 4.68 Å². The van der Waals surface area contributed by atoms with Crippen LogP contribution in [0.4, 0.5) is 0 Å². The van der Waals surface area contributed by atoms with E-state index in [0.717, 1.165) is 10.2 Å². The summed E-state index contributed by atoms with van der Waals surface area (Å²) in [4.78, 5) is 0. The lowest BCUT2D eigenvalue weighted by molar-refractivity contribution is 0.680. The molecule has 0 unspecified atom stereocenters. The molecule has 1 aromatic heterocycles. The van der Waals surface area contributed by atoms with Crippen LogP contribution in [0.1, 0.15) is 11.3 Å². The fourth-order valence-corrected chi connectivity index (χ4v) is 1.91. The number of halogens is 2. The summed E-state index contributed by atoms with van der Waals surface area (Å²) in [5, 5.41) is 4.98. The summed E-state index contributed by atoms with van der Waals surface area (Å²) < 4.78 is 2.87. The van der Waals surface area contributed by atoms with Gasteiger partial charge in [0.15, 0.2) is 0 Å². The van der Waals surface area contributed by atoms with E-state index in [0.29, 0.717) is 11.7 Å². The van der Waals surface area contributed by atoms with Crippen LogP contribution in [0.5, 0.6) is 0 Å². The number of hydrogen-bond donors (Lipinski definition) is 0. The van der Waals surface area contributed by atoms with Crippen molar-refractivity contribution in [1.29, 1.82) is 0 Å². The quantitative estimate of drug-likeness (QED) is 0.823. The standard InChI is InChI=1S/C11H10BrClN2/c1-8-6-11(13)15(14-8)7-9-2-4-10(12)5-3-9/h2-6H,7H2,1H3. The Labute approximate surface area is 102 Å². The Balaban J connectivity index is 2.21. The van der Waals surface area contributed by atoms with Crippen LogP contribution in [0.3, 0.4) is 0 Å². The van der Waals surface area contributed by atoms with Gasteiger partial charge in [0.2, 0.25) is 0 Å². The van der Waals surface area contributed by atoms with Crippen molar-refractivity contribution in [3.05, 3.63) is 51.2 Å². The maximum Gasteiger partial charge on any atom is 0.127 e. The Morgan fingerprint density at radius 2 is 2.00 bits per heavy atom. The van der Waals surface area contributed by atoms with E-state index in [1.807, 2.05) is 25.1 Å². The minimum absolute atomic E-state index is 0.676. The Hall–Kier alpha value is -0.800. The molecule has 0 radical (unpaired) electrons. The van der Waals surface area contributed by atoms with Gasteiger partial charge in [0.05, 0.1) is 12.2 Å². The summed E-state index contributed by atoms with van der Waals surface area (Å²) >= 11 is 9.42. The molecule has 0 aliphatic rings. The van der Waals surface area contributed by atoms with Gasteiger partial charge in [0.25, 0.3) is 0 Å². The van der Waals surface area contributed by atoms with Crippen molar-refractivity contribution in [3.8, 4) is 0 Å². The molecule has 0 amide bonds. The molecule has 1 heterocycles. The molecule has 2 nitrogen and oxygen atoms in total. The van der Waals surface area contributed by atoms with Crippen molar-refractivity contribution in [2.24, 2.45) is 0 Å². The highest BCUT2D eigenvalue weighted by atomic mass is 79.9. The molecule has 15 heavy (non-hydrogen) atoms. The molecule has 0 spiro atoms. The zero-order chi connectivity index (χ0) is 10.8. The molecular weight excluding hydrogens is 275 g/mol. The minimum Gasteiger partial charge on any atom is -0.249 e. The first kappa shape index (κ1) is 10.7. The van der Waals surface area contributed by atoms with Gasteiger partial charge < -0.3 is 0 Å². The van der Waals surface area contributed by atoms with E-state index in [1.165, 1.54) is 5.56 Å². The molecule has 0 saturated carbocycles. The molecule has 78 valence electrons. The van der Waals surface area contributed by atoms with Crippen LogP contribution >= 0.6 is 27.5 Å². The lowest BCUT2D eigenvalue weighted by Gasteiger charge is -2.03. The number of hydrogen-bond acceptors (Lipinski definition) is 1. The molecule has 2 rings (SSSR count). The van der Waals surface area contributed by atoms with E-state index in [9.17, 15) is 0 Å². The largest absolute Gasteiger partial charge is 0.249 e. The monoisotopic (exact) mass is 284 g/mol. The molecule has 0 aliphatic carbocycles. The van der Waals surface area contributed by atoms with E-state index < -0.39 is 0 Å². The molecule has 0 fully saturated rings. The smallest absolute Gasteiger partial charge is 0.127 e. The third kappa shape index (κ3) is 2.61. The zero-order valence-corrected chi connectivity index (χ0v) is 10.6. The van der Waals surface area contributed by atoms with Crippen molar-refractivity contribution in [1.82, 2.24) is 9.78 Å². The van der Waals surface area contributed by atoms with Crippen LogP contribution in [0.2, 0.25) is 5.15 Å². The highest BCUT2D eigenvalue weighted by Gasteiger charge is 2.03. The molecule has 0 atom stereocenters. The number of nitrogens with zero attached hydrogens (tertiary/aromatic N) is 2. The van der Waals surface area contributed by atoms with Crippen LogP contribution in [0, 0.1) is 6.92 Å². The van der Waals surface area contributed by atoms with Gasteiger partial charge in [-0.05, 0) is 30.7 Å². The van der Waals surface area contributed by atoms with Crippen molar-refractivity contribution >= 4 is 27.5 Å². The van der Waals surface area contributed by atoms with Crippen molar-refractivity contribution in [2.75, 3.05) is 0 Å². The fraction of sp³-hybridized carbons (Fsp3) is 0.182. The van der Waals surface area contributed by atoms with E-state index in [-0.39, 0.29) is 0 Å². The second kappa shape index (κ2) is 4.37. The van der Waals surface area contributed by atoms with Crippen LogP contribution in [-0.2, 0) is 6.54 Å². The van der Waals surface area contributed by atoms with Crippen molar-refractivity contribution in [2.45, 2.75) is 13.5 Å². The highest BCUT2D eigenvalue weighted by Crippen LogP contribution is 2.15. The topological polar surface area (TPSA) is 17.8 Å². The third-order valence-corrected chi connectivity index (χ3v) is 2.93. The van der Waals surface area contributed by atoms with Crippen LogP contribution in [0.15, 0.2) is 34.8 Å². The lowest BCUT2D eigenvalue weighted by Crippen LogP contribution is -2.01. The van der Waals surface area contributed by atoms with E-state index >= 15 is 0 Å². The summed E-state index contributed by atoms with van der Waals surface area (Å²) in [6, 6.07) is 9.99. The molecule has 1 aromatic carbocycles. The first-order valence-corrected chi connectivity index (χ1v) is 5.76. The predicted molar refractivity (Wildman–Crippen MR) is 65.2 cm³/mol. The second-order valence-electron chi connectivity index (χ2n) is 3.39. The summed E-state index contributed by atoms with van der Waals surface area (Å²) in [5.74, 6) is 0. The summed E-state index contributed by atoms with van der Waals surface area (Å²) in [6.45, 7) is 2.64. The van der Waals surface area contributed by atoms with E-state index in [4.69, 9.17) is 11.6 Å². The molecule has 2 aromatic rings. The minimum atomic E-state index is 0.676. The van der Waals surface area contributed by atoms with Crippen molar-refractivity contribution in [3.63, 3.8) is 0 Å². The molecule has 0 saturated heterocycles. The first-order valence-electron chi connectivity index (χ1n) is 4.59. The molecular formula is C11H10BrClN2. The summed E-state index contributed by atoms with van der Waals surface area (Å²) in [6.07, 6.45) is 0. The van der Waals surface area contributed by atoms with Crippen LogP contribution in [0.25, 0.3) is 0 Å². The third-order valence-electron chi connectivity index (χ3n) is 2.10. The van der Waals surface area contributed by atoms with Gasteiger partial charge in [-0.25, -0.2) is 4.68 Å². The van der Waals surface area contributed by atoms with Gasteiger partial charge in [-0.3, -0.25) is 0 Å². The maximum absolute atomic E-state index is 6.02. The zero-order valence-electron chi connectivity index (χ0n) is 8.24. The summed E-state index contributed by atoms with van der Waals surface area (Å²) in [5.41, 5.74) is 2.13. The van der Waals surface area contributed by atoms with Gasteiger partial charge in [0, 0.05) is 4.47 Å². The van der Waals surface area contributed by atoms with Gasteiger partial charge in [-0.15, -0.1) is 0 Å². The van der Waals surface area contributed by atoms with Gasteiger partial charge in [0.1, 0.15) is 5.15 Å². The Morgan fingerprint density at radius 1 is 1.33 bits per heavy atom. The predicted octanol–water partition coefficient (Wildman–Crippen LogP) is 3.66. The number of benzene rings is 1. The van der Waals surface area contributed by atoms with Gasteiger partial charge >= 0.3 is 0 Å². The van der Waals surface area contributed by atoms with Gasteiger partial charge in [-0.1, -0.05) is 39.7 Å². The lowest BCUT2D eigenvalue weighted by atomic mass is 10.2. The van der Waals surface area contributed by atoms with Crippen molar-refractivity contribution < 1.29 is 0 Å². The molecule has 0 aliphatic heterocycles. The Morgan fingerprint density at radius 3 is 2.53 bits per heavy atom. The van der Waals surface area contributed by atoms with E-state index in [2.05, 4.69) is 33.2 Å². The SMILES string of the molecule is Cc1cc(Cl)n(Cc2ccc(Br)cc2)n1. The average molecular weight is 286 g/mol. The van der Waals surface area contributed by atoms with Crippen LogP contribution in [-0.4, -0.2) is 9.78 Å². The molecule has 0 bridgehead atoms. The van der Waals surface area contributed by atoms with Gasteiger partial charge in [-0.2, -0.15) is 5.10 Å². The molecule has 0 N–H and O–H groups in total. The average Bonchev–Trinajstić information content (AvgIpc) is 2.49.